The summed E-state index contributed by atoms with van der Waals surface area (Å²) < 4.78 is 11.1. The fraction of sp³-hybridized carbons (Fsp3) is 0.417. The lowest BCUT2D eigenvalue weighted by atomic mass is 9.94. The molecule has 100 valence electrons. The largest absolute Gasteiger partial charge is 0.493 e. The number of halogens is 1. The van der Waals surface area contributed by atoms with Gasteiger partial charge in [0.05, 0.1) is 20.1 Å². The van der Waals surface area contributed by atoms with Gasteiger partial charge in [-0.25, -0.2) is 0 Å². The molecule has 3 N–H and O–H groups in total. The zero-order valence-electron chi connectivity index (χ0n) is 10.5. The van der Waals surface area contributed by atoms with Gasteiger partial charge >= 0.3 is 5.97 Å². The molecule has 1 atom stereocenters. The number of hydrogen-bond donors (Lipinski definition) is 2. The van der Waals surface area contributed by atoms with Gasteiger partial charge in [-0.15, -0.1) is 0 Å². The zero-order valence-corrected chi connectivity index (χ0v) is 12.1. The number of carboxylic acids is 1. The minimum Gasteiger partial charge on any atom is -0.493 e. The van der Waals surface area contributed by atoms with Gasteiger partial charge in [-0.3, -0.25) is 4.79 Å². The zero-order chi connectivity index (χ0) is 13.9. The van der Waals surface area contributed by atoms with Gasteiger partial charge in [0, 0.05) is 16.6 Å². The van der Waals surface area contributed by atoms with Crippen LogP contribution >= 0.6 is 15.9 Å². The smallest absolute Gasteiger partial charge is 0.312 e. The Kier molecular flexibility index (Phi) is 4.98. The van der Waals surface area contributed by atoms with E-state index in [1.54, 1.807) is 13.0 Å². The summed E-state index contributed by atoms with van der Waals surface area (Å²) in [6, 6.07) is 1.69. The van der Waals surface area contributed by atoms with E-state index in [4.69, 9.17) is 15.2 Å². The van der Waals surface area contributed by atoms with Gasteiger partial charge in [-0.2, -0.15) is 0 Å². The lowest BCUT2D eigenvalue weighted by Crippen LogP contribution is -2.22. The predicted molar refractivity (Wildman–Crippen MR) is 71.4 cm³/mol. The Hall–Kier alpha value is -1.27. The molecule has 1 rings (SSSR count). The summed E-state index contributed by atoms with van der Waals surface area (Å²) in [5, 5.41) is 9.19. The number of aliphatic carboxylic acids is 1. The number of carbonyl (C=O) groups is 1. The van der Waals surface area contributed by atoms with Gasteiger partial charge in [0.25, 0.3) is 0 Å². The standard InChI is InChI=1S/C12H16BrNO4/c1-6-10(7(5-14)12(15)16)8(13)4-9(17-2)11(6)18-3/h4,7H,5,14H2,1-3H3,(H,15,16). The van der Waals surface area contributed by atoms with Crippen molar-refractivity contribution >= 4 is 21.9 Å². The van der Waals surface area contributed by atoms with Crippen LogP contribution in [0.3, 0.4) is 0 Å². The summed E-state index contributed by atoms with van der Waals surface area (Å²) >= 11 is 3.36. The maximum absolute atomic E-state index is 11.2. The topological polar surface area (TPSA) is 81.8 Å². The Morgan fingerprint density at radius 3 is 2.50 bits per heavy atom. The Balaban J connectivity index is 3.49. The van der Waals surface area contributed by atoms with Crippen LogP contribution in [-0.2, 0) is 4.79 Å². The van der Waals surface area contributed by atoms with Crippen LogP contribution in [0.1, 0.15) is 17.0 Å². The molecule has 0 spiro atoms. The average Bonchev–Trinajstić information content (AvgIpc) is 2.33. The predicted octanol–water partition coefficient (Wildman–Crippen LogP) is 1.90. The van der Waals surface area contributed by atoms with Gasteiger partial charge in [-0.05, 0) is 18.6 Å². The first-order valence-corrected chi connectivity index (χ1v) is 6.11. The number of rotatable bonds is 5. The fourth-order valence-electron chi connectivity index (χ4n) is 1.92. The SMILES string of the molecule is COc1cc(Br)c(C(CN)C(=O)O)c(C)c1OC. The van der Waals surface area contributed by atoms with Gasteiger partial charge in [0.1, 0.15) is 0 Å². The Morgan fingerprint density at radius 2 is 2.11 bits per heavy atom. The van der Waals surface area contributed by atoms with Crippen LogP contribution in [0.15, 0.2) is 10.5 Å². The average molecular weight is 318 g/mol. The van der Waals surface area contributed by atoms with Crippen molar-refractivity contribution < 1.29 is 19.4 Å². The summed E-state index contributed by atoms with van der Waals surface area (Å²) in [7, 11) is 3.04. The van der Waals surface area contributed by atoms with Crippen molar-refractivity contribution in [1.82, 2.24) is 0 Å². The first kappa shape index (κ1) is 14.8. The third-order valence-electron chi connectivity index (χ3n) is 2.79. The van der Waals surface area contributed by atoms with Crippen molar-refractivity contribution in [2.24, 2.45) is 5.73 Å². The van der Waals surface area contributed by atoms with Crippen LogP contribution in [-0.4, -0.2) is 31.8 Å². The molecule has 0 aliphatic carbocycles. The van der Waals surface area contributed by atoms with Crippen molar-refractivity contribution in [3.63, 3.8) is 0 Å². The second-order valence-electron chi connectivity index (χ2n) is 3.76. The fourth-order valence-corrected chi connectivity index (χ4v) is 2.70. The van der Waals surface area contributed by atoms with Crippen molar-refractivity contribution in [2.75, 3.05) is 20.8 Å². The molecule has 0 aliphatic heterocycles. The van der Waals surface area contributed by atoms with Crippen molar-refractivity contribution in [2.45, 2.75) is 12.8 Å². The Labute approximate surface area is 114 Å². The maximum atomic E-state index is 11.2. The lowest BCUT2D eigenvalue weighted by Gasteiger charge is -2.19. The summed E-state index contributed by atoms with van der Waals surface area (Å²) in [6.07, 6.45) is 0. The quantitative estimate of drug-likeness (QED) is 0.866. The van der Waals surface area contributed by atoms with Gasteiger partial charge in [0.15, 0.2) is 11.5 Å². The molecule has 0 bridgehead atoms. The van der Waals surface area contributed by atoms with E-state index in [1.807, 2.05) is 0 Å². The Bertz CT molecular complexity index is 462. The van der Waals surface area contributed by atoms with Crippen LogP contribution in [0.25, 0.3) is 0 Å². The van der Waals surface area contributed by atoms with E-state index in [1.165, 1.54) is 14.2 Å². The van der Waals surface area contributed by atoms with Gasteiger partial charge in [-0.1, -0.05) is 15.9 Å². The molecule has 0 radical (unpaired) electrons. The highest BCUT2D eigenvalue weighted by molar-refractivity contribution is 9.10. The maximum Gasteiger partial charge on any atom is 0.312 e. The van der Waals surface area contributed by atoms with Crippen molar-refractivity contribution in [3.8, 4) is 11.5 Å². The summed E-state index contributed by atoms with van der Waals surface area (Å²) in [5.41, 5.74) is 6.86. The highest BCUT2D eigenvalue weighted by atomic mass is 79.9. The summed E-state index contributed by atoms with van der Waals surface area (Å²) in [6.45, 7) is 1.80. The second-order valence-corrected chi connectivity index (χ2v) is 4.61. The molecular formula is C12H16BrNO4. The highest BCUT2D eigenvalue weighted by Gasteiger charge is 2.26. The lowest BCUT2D eigenvalue weighted by molar-refractivity contribution is -0.138. The number of carboxylic acid groups (broad SMARTS) is 1. The molecule has 0 aromatic heterocycles. The number of hydrogen-bond acceptors (Lipinski definition) is 4. The molecule has 1 aromatic rings. The molecule has 0 heterocycles. The summed E-state index contributed by atoms with van der Waals surface area (Å²) in [4.78, 5) is 11.2. The van der Waals surface area contributed by atoms with E-state index in [9.17, 15) is 9.90 Å². The number of ether oxygens (including phenoxy) is 2. The minimum absolute atomic E-state index is 0.0181. The first-order chi connectivity index (χ1) is 8.47. The molecule has 0 saturated carbocycles. The van der Waals surface area contributed by atoms with Crippen LogP contribution < -0.4 is 15.2 Å². The van der Waals surface area contributed by atoms with E-state index in [0.29, 0.717) is 27.1 Å². The molecule has 0 amide bonds. The molecule has 5 nitrogen and oxygen atoms in total. The summed E-state index contributed by atoms with van der Waals surface area (Å²) in [5.74, 6) is -0.671. The molecule has 18 heavy (non-hydrogen) atoms. The molecule has 0 fully saturated rings. The minimum atomic E-state index is -0.964. The van der Waals surface area contributed by atoms with E-state index in [0.717, 1.165) is 0 Å². The monoisotopic (exact) mass is 317 g/mol. The molecule has 6 heteroatoms. The molecular weight excluding hydrogens is 302 g/mol. The van der Waals surface area contributed by atoms with Crippen LogP contribution in [0.4, 0.5) is 0 Å². The van der Waals surface area contributed by atoms with Gasteiger partial charge in [0.2, 0.25) is 0 Å². The van der Waals surface area contributed by atoms with Crippen molar-refractivity contribution in [3.05, 3.63) is 21.7 Å². The van der Waals surface area contributed by atoms with Gasteiger partial charge < -0.3 is 20.3 Å². The van der Waals surface area contributed by atoms with Crippen LogP contribution in [0.2, 0.25) is 0 Å². The second kappa shape index (κ2) is 6.06. The number of benzene rings is 1. The molecule has 0 aliphatic rings. The first-order valence-electron chi connectivity index (χ1n) is 5.31. The Morgan fingerprint density at radius 1 is 1.50 bits per heavy atom. The van der Waals surface area contributed by atoms with E-state index in [-0.39, 0.29) is 6.54 Å². The van der Waals surface area contributed by atoms with Crippen LogP contribution in [0.5, 0.6) is 11.5 Å². The highest BCUT2D eigenvalue weighted by Crippen LogP contribution is 2.40. The normalized spacial score (nSPS) is 12.1. The van der Waals surface area contributed by atoms with Crippen LogP contribution in [0, 0.1) is 6.92 Å². The van der Waals surface area contributed by atoms with E-state index < -0.39 is 11.9 Å². The third kappa shape index (κ3) is 2.59. The third-order valence-corrected chi connectivity index (χ3v) is 3.45. The van der Waals surface area contributed by atoms with E-state index >= 15 is 0 Å². The number of nitrogens with two attached hydrogens (primary N) is 1. The number of methoxy groups -OCH3 is 2. The molecule has 0 saturated heterocycles. The van der Waals surface area contributed by atoms with Crippen molar-refractivity contribution in [1.29, 1.82) is 0 Å². The molecule has 1 aromatic carbocycles. The van der Waals surface area contributed by atoms with E-state index in [2.05, 4.69) is 15.9 Å². The molecule has 1 unspecified atom stereocenters.